The number of hydrogen-bond acceptors (Lipinski definition) is 4. The van der Waals surface area contributed by atoms with Gasteiger partial charge < -0.3 is 9.64 Å². The average Bonchev–Trinajstić information content (AvgIpc) is 2.72. The van der Waals surface area contributed by atoms with Crippen LogP contribution in [0.15, 0.2) is 53.4 Å². The molecule has 1 fully saturated rings. The van der Waals surface area contributed by atoms with Gasteiger partial charge in [-0.3, -0.25) is 4.79 Å². The Morgan fingerprint density at radius 3 is 2.44 bits per heavy atom. The molecular weight excluding hydrogens is 364 g/mol. The first kappa shape index (κ1) is 19.4. The smallest absolute Gasteiger partial charge is 0.257 e. The van der Waals surface area contributed by atoms with Crippen molar-refractivity contribution < 1.29 is 17.9 Å². The van der Waals surface area contributed by atoms with E-state index in [1.54, 1.807) is 4.90 Å². The summed E-state index contributed by atoms with van der Waals surface area (Å²) in [6.07, 6.45) is 3.04. The van der Waals surface area contributed by atoms with Crippen LogP contribution in [0.2, 0.25) is 0 Å². The van der Waals surface area contributed by atoms with E-state index in [1.807, 2.05) is 30.3 Å². The summed E-state index contributed by atoms with van der Waals surface area (Å²) in [4.78, 5) is 14.7. The first-order chi connectivity index (χ1) is 13.0. The van der Waals surface area contributed by atoms with Gasteiger partial charge in [0.2, 0.25) is 10.0 Å². The molecule has 0 atom stereocenters. The maximum Gasteiger partial charge on any atom is 0.257 e. The molecule has 144 valence electrons. The number of carbonyl (C=O) groups is 1. The van der Waals surface area contributed by atoms with Gasteiger partial charge in [0.05, 0.1) is 17.6 Å². The van der Waals surface area contributed by atoms with Gasteiger partial charge in [-0.2, -0.15) is 0 Å². The fourth-order valence-corrected chi connectivity index (χ4v) is 4.19. The highest BCUT2D eigenvalue weighted by atomic mass is 32.2. The zero-order valence-electron chi connectivity index (χ0n) is 15.3. The molecule has 0 aliphatic carbocycles. The van der Waals surface area contributed by atoms with Crippen molar-refractivity contribution in [3.05, 3.63) is 59.7 Å². The number of amides is 1. The summed E-state index contributed by atoms with van der Waals surface area (Å²) in [6, 6.07) is 13.7. The van der Waals surface area contributed by atoms with Gasteiger partial charge in [0.1, 0.15) is 5.75 Å². The summed E-state index contributed by atoms with van der Waals surface area (Å²) >= 11 is 0. The molecule has 0 unspecified atom stereocenters. The van der Waals surface area contributed by atoms with E-state index in [0.717, 1.165) is 24.8 Å². The van der Waals surface area contributed by atoms with Crippen LogP contribution in [0.3, 0.4) is 0 Å². The topological polar surface area (TPSA) is 75.7 Å². The fourth-order valence-electron chi connectivity index (χ4n) is 3.15. The summed E-state index contributed by atoms with van der Waals surface area (Å²) in [5.74, 6) is 0.194. The number of rotatable bonds is 6. The van der Waals surface area contributed by atoms with Gasteiger partial charge in [0.15, 0.2) is 0 Å². The Bertz CT molecular complexity index is 891. The number of likely N-dealkylation sites (tertiary alicyclic amines) is 1. The highest BCUT2D eigenvalue weighted by molar-refractivity contribution is 7.89. The molecule has 1 aliphatic heterocycles. The third kappa shape index (κ3) is 4.67. The van der Waals surface area contributed by atoms with Crippen molar-refractivity contribution in [1.82, 2.24) is 9.62 Å². The molecule has 0 saturated carbocycles. The number of carbonyl (C=O) groups excluding carboxylic acids is 1. The number of nitrogens with zero attached hydrogens (tertiary/aromatic N) is 1. The Kier molecular flexibility index (Phi) is 6.13. The highest BCUT2D eigenvalue weighted by Gasteiger charge is 2.24. The molecule has 6 nitrogen and oxygen atoms in total. The second kappa shape index (κ2) is 8.54. The number of ether oxygens (including phenoxy) is 1. The summed E-state index contributed by atoms with van der Waals surface area (Å²) in [5.41, 5.74) is 1.14. The summed E-state index contributed by atoms with van der Waals surface area (Å²) in [5, 5.41) is 0. The van der Waals surface area contributed by atoms with Crippen molar-refractivity contribution in [3.8, 4) is 5.75 Å². The van der Waals surface area contributed by atoms with E-state index in [9.17, 15) is 13.2 Å². The largest absolute Gasteiger partial charge is 0.496 e. The van der Waals surface area contributed by atoms with Crippen molar-refractivity contribution in [2.24, 2.45) is 0 Å². The molecule has 0 bridgehead atoms. The van der Waals surface area contributed by atoms with Crippen LogP contribution in [0.1, 0.15) is 35.2 Å². The van der Waals surface area contributed by atoms with Gasteiger partial charge in [-0.1, -0.05) is 30.3 Å². The van der Waals surface area contributed by atoms with Crippen LogP contribution in [0.4, 0.5) is 0 Å². The number of benzene rings is 2. The molecule has 7 heteroatoms. The zero-order valence-corrected chi connectivity index (χ0v) is 16.2. The fraction of sp³-hybridized carbons (Fsp3) is 0.350. The normalized spacial score (nSPS) is 14.8. The lowest BCUT2D eigenvalue weighted by Crippen LogP contribution is -2.36. The van der Waals surface area contributed by atoms with E-state index in [-0.39, 0.29) is 22.9 Å². The standard InChI is InChI=1S/C20H24N2O4S/c1-26-19-11-10-17(14-18(19)20(23)22-12-6-3-7-13-22)27(24,25)21-15-16-8-4-2-5-9-16/h2,4-5,8-11,14,21H,3,6-7,12-13,15H2,1H3. The van der Waals surface area contributed by atoms with Crippen LogP contribution in [0.5, 0.6) is 5.75 Å². The number of methoxy groups -OCH3 is 1. The number of hydrogen-bond donors (Lipinski definition) is 1. The van der Waals surface area contributed by atoms with Crippen LogP contribution in [0, 0.1) is 0 Å². The molecule has 0 spiro atoms. The quantitative estimate of drug-likeness (QED) is 0.826. The van der Waals surface area contributed by atoms with Crippen molar-refractivity contribution >= 4 is 15.9 Å². The Balaban J connectivity index is 1.84. The zero-order chi connectivity index (χ0) is 19.3. The molecule has 2 aromatic rings. The van der Waals surface area contributed by atoms with Crippen molar-refractivity contribution in [3.63, 3.8) is 0 Å². The maximum atomic E-state index is 12.9. The van der Waals surface area contributed by atoms with E-state index < -0.39 is 10.0 Å². The Morgan fingerprint density at radius 2 is 1.78 bits per heavy atom. The van der Waals surface area contributed by atoms with Crippen molar-refractivity contribution in [1.29, 1.82) is 0 Å². The minimum atomic E-state index is -3.75. The molecule has 1 N–H and O–H groups in total. The first-order valence-electron chi connectivity index (χ1n) is 9.02. The van der Waals surface area contributed by atoms with Crippen LogP contribution >= 0.6 is 0 Å². The molecule has 27 heavy (non-hydrogen) atoms. The molecule has 1 aliphatic rings. The van der Waals surface area contributed by atoms with Gasteiger partial charge in [-0.05, 0) is 43.0 Å². The molecule has 3 rings (SSSR count). The third-order valence-corrected chi connectivity index (χ3v) is 6.06. The van der Waals surface area contributed by atoms with E-state index in [0.29, 0.717) is 18.8 Å². The van der Waals surface area contributed by atoms with E-state index >= 15 is 0 Å². The van der Waals surface area contributed by atoms with Gasteiger partial charge in [-0.15, -0.1) is 0 Å². The summed E-state index contributed by atoms with van der Waals surface area (Å²) < 4.78 is 33.2. The predicted octanol–water partition coefficient (Wildman–Crippen LogP) is 2.80. The lowest BCUT2D eigenvalue weighted by molar-refractivity contribution is 0.0720. The second-order valence-electron chi connectivity index (χ2n) is 6.53. The molecule has 2 aromatic carbocycles. The maximum absolute atomic E-state index is 12.9. The lowest BCUT2D eigenvalue weighted by Gasteiger charge is -2.27. The number of sulfonamides is 1. The summed E-state index contributed by atoms with van der Waals surface area (Å²) in [7, 11) is -2.27. The predicted molar refractivity (Wildman–Crippen MR) is 103 cm³/mol. The number of nitrogens with one attached hydrogen (secondary N) is 1. The Hall–Kier alpha value is -2.38. The minimum absolute atomic E-state index is 0.0552. The van der Waals surface area contributed by atoms with Gasteiger partial charge in [0.25, 0.3) is 5.91 Å². The Labute approximate surface area is 160 Å². The van der Waals surface area contributed by atoms with Crippen molar-refractivity contribution in [2.45, 2.75) is 30.7 Å². The van der Waals surface area contributed by atoms with Gasteiger partial charge >= 0.3 is 0 Å². The molecule has 0 aromatic heterocycles. The van der Waals surface area contributed by atoms with E-state index in [4.69, 9.17) is 4.74 Å². The van der Waals surface area contributed by atoms with Crippen LogP contribution < -0.4 is 9.46 Å². The van der Waals surface area contributed by atoms with Crippen LogP contribution in [-0.2, 0) is 16.6 Å². The minimum Gasteiger partial charge on any atom is -0.496 e. The number of piperidine rings is 1. The van der Waals surface area contributed by atoms with Crippen LogP contribution in [-0.4, -0.2) is 39.4 Å². The second-order valence-corrected chi connectivity index (χ2v) is 8.29. The van der Waals surface area contributed by atoms with Crippen LogP contribution in [0.25, 0.3) is 0 Å². The SMILES string of the molecule is COc1ccc(S(=O)(=O)NCc2ccccc2)cc1C(=O)N1CCCCC1. The Morgan fingerprint density at radius 1 is 1.07 bits per heavy atom. The molecule has 0 radical (unpaired) electrons. The monoisotopic (exact) mass is 388 g/mol. The van der Waals surface area contributed by atoms with Gasteiger partial charge in [-0.25, -0.2) is 13.1 Å². The van der Waals surface area contributed by atoms with E-state index in [2.05, 4.69) is 4.72 Å². The molecule has 1 heterocycles. The molecule has 1 amide bonds. The molecule has 1 saturated heterocycles. The highest BCUT2D eigenvalue weighted by Crippen LogP contribution is 2.25. The molecular formula is C20H24N2O4S. The average molecular weight is 388 g/mol. The lowest BCUT2D eigenvalue weighted by atomic mass is 10.1. The third-order valence-electron chi connectivity index (χ3n) is 4.66. The van der Waals surface area contributed by atoms with E-state index in [1.165, 1.54) is 25.3 Å². The van der Waals surface area contributed by atoms with Crippen molar-refractivity contribution in [2.75, 3.05) is 20.2 Å². The first-order valence-corrected chi connectivity index (χ1v) is 10.5. The summed E-state index contributed by atoms with van der Waals surface area (Å²) in [6.45, 7) is 1.56. The van der Waals surface area contributed by atoms with Gasteiger partial charge in [0, 0.05) is 19.6 Å².